The molecular formula is C21H22N2OS2. The molecule has 1 amide bonds. The summed E-state index contributed by atoms with van der Waals surface area (Å²) in [6.07, 6.45) is 7.98. The lowest BCUT2D eigenvalue weighted by atomic mass is 10.1. The molecule has 0 aliphatic heterocycles. The van der Waals surface area contributed by atoms with Crippen molar-refractivity contribution in [2.75, 3.05) is 0 Å². The van der Waals surface area contributed by atoms with E-state index < -0.39 is 0 Å². The van der Waals surface area contributed by atoms with Crippen LogP contribution >= 0.6 is 22.7 Å². The van der Waals surface area contributed by atoms with Crippen LogP contribution in [0.3, 0.4) is 0 Å². The highest BCUT2D eigenvalue weighted by Crippen LogP contribution is 2.29. The molecule has 2 aromatic heterocycles. The molecule has 1 aromatic carbocycles. The number of carbonyl (C=O) groups excluding carboxylic acids is 1. The Morgan fingerprint density at radius 1 is 1.15 bits per heavy atom. The minimum Gasteiger partial charge on any atom is -0.319 e. The van der Waals surface area contributed by atoms with Crippen molar-refractivity contribution in [2.24, 2.45) is 4.99 Å². The number of hydrogen-bond acceptors (Lipinski definition) is 3. The summed E-state index contributed by atoms with van der Waals surface area (Å²) in [5, 5.41) is 1.99. The van der Waals surface area contributed by atoms with Gasteiger partial charge in [0.15, 0.2) is 4.80 Å². The van der Waals surface area contributed by atoms with Gasteiger partial charge in [0.05, 0.1) is 4.88 Å². The molecule has 3 aromatic rings. The maximum atomic E-state index is 12.7. The normalized spacial score (nSPS) is 14.9. The molecule has 0 saturated heterocycles. The lowest BCUT2D eigenvalue weighted by Gasteiger charge is -2.03. The summed E-state index contributed by atoms with van der Waals surface area (Å²) < 4.78 is 2.05. The Morgan fingerprint density at radius 2 is 1.96 bits per heavy atom. The largest absolute Gasteiger partial charge is 0.319 e. The number of thiazole rings is 1. The van der Waals surface area contributed by atoms with Crippen LogP contribution in [0.5, 0.6) is 0 Å². The molecule has 1 aliphatic carbocycles. The van der Waals surface area contributed by atoms with Crippen molar-refractivity contribution in [3.63, 3.8) is 0 Å². The highest BCUT2D eigenvalue weighted by molar-refractivity contribution is 7.14. The molecule has 0 fully saturated rings. The Balaban J connectivity index is 1.58. The lowest BCUT2D eigenvalue weighted by Crippen LogP contribution is -2.16. The smallest absolute Gasteiger partial charge is 0.289 e. The van der Waals surface area contributed by atoms with Crippen LogP contribution in [0.15, 0.2) is 46.9 Å². The number of carbonyl (C=O) groups is 1. The van der Waals surface area contributed by atoms with Crippen LogP contribution in [0.25, 0.3) is 0 Å². The zero-order valence-electron chi connectivity index (χ0n) is 14.9. The average Bonchev–Trinajstić information content (AvgIpc) is 3.18. The van der Waals surface area contributed by atoms with Crippen LogP contribution in [0.1, 0.15) is 50.5 Å². The maximum absolute atomic E-state index is 12.7. The quantitative estimate of drug-likeness (QED) is 0.588. The first-order chi connectivity index (χ1) is 12.7. The molecule has 3 nitrogen and oxygen atoms in total. The molecule has 0 bridgehead atoms. The van der Waals surface area contributed by atoms with Gasteiger partial charge in [-0.25, -0.2) is 0 Å². The fraction of sp³-hybridized carbons (Fsp3) is 0.333. The minimum atomic E-state index is -0.108. The lowest BCUT2D eigenvalue weighted by molar-refractivity contribution is 0.100. The maximum Gasteiger partial charge on any atom is 0.289 e. The van der Waals surface area contributed by atoms with Gasteiger partial charge in [-0.3, -0.25) is 4.79 Å². The Labute approximate surface area is 161 Å². The summed E-state index contributed by atoms with van der Waals surface area (Å²) in [6, 6.07) is 10.6. The first-order valence-electron chi connectivity index (χ1n) is 9.09. The molecule has 1 aliphatic rings. The third kappa shape index (κ3) is 3.89. The van der Waals surface area contributed by atoms with Crippen LogP contribution in [0, 0.1) is 6.92 Å². The van der Waals surface area contributed by atoms with Gasteiger partial charge in [0, 0.05) is 23.0 Å². The number of fused-ring (bicyclic) bond motifs is 1. The predicted molar refractivity (Wildman–Crippen MR) is 108 cm³/mol. The molecule has 5 heteroatoms. The molecule has 0 N–H and O–H groups in total. The van der Waals surface area contributed by atoms with Crippen molar-refractivity contribution in [1.29, 1.82) is 0 Å². The van der Waals surface area contributed by atoms with Crippen LogP contribution in [0.2, 0.25) is 0 Å². The molecule has 0 unspecified atom stereocenters. The molecule has 134 valence electrons. The van der Waals surface area contributed by atoms with E-state index in [2.05, 4.69) is 42.2 Å². The molecule has 4 rings (SSSR count). The van der Waals surface area contributed by atoms with Gasteiger partial charge in [0.25, 0.3) is 5.91 Å². The van der Waals surface area contributed by atoms with E-state index in [1.165, 1.54) is 52.2 Å². The zero-order chi connectivity index (χ0) is 17.9. The van der Waals surface area contributed by atoms with E-state index in [0.29, 0.717) is 0 Å². The summed E-state index contributed by atoms with van der Waals surface area (Å²) in [5.41, 5.74) is 3.83. The standard InChI is InChI=1S/C21H22N2OS2/c1-15-7-9-16(10-8-15)14-23-11-12-25-21(23)22-20(24)19-13-17-5-3-2-4-6-18(17)26-19/h7-13H,2-6,14H2,1H3. The topological polar surface area (TPSA) is 34.4 Å². The van der Waals surface area contributed by atoms with E-state index in [9.17, 15) is 4.79 Å². The second-order valence-corrected chi connectivity index (χ2v) is 8.85. The van der Waals surface area contributed by atoms with Gasteiger partial charge in [0.1, 0.15) is 0 Å². The third-order valence-corrected chi connectivity index (χ3v) is 6.81. The van der Waals surface area contributed by atoms with E-state index in [1.807, 2.05) is 16.1 Å². The molecule has 0 atom stereocenters. The summed E-state index contributed by atoms with van der Waals surface area (Å²) >= 11 is 3.16. The number of aryl methyl sites for hydroxylation is 3. The van der Waals surface area contributed by atoms with E-state index in [0.717, 1.165) is 29.1 Å². The summed E-state index contributed by atoms with van der Waals surface area (Å²) in [6.45, 7) is 2.82. The first kappa shape index (κ1) is 17.4. The van der Waals surface area contributed by atoms with E-state index in [4.69, 9.17) is 0 Å². The second kappa shape index (κ2) is 7.72. The third-order valence-electron chi connectivity index (χ3n) is 4.79. The van der Waals surface area contributed by atoms with Gasteiger partial charge < -0.3 is 4.57 Å². The first-order valence-corrected chi connectivity index (χ1v) is 10.8. The van der Waals surface area contributed by atoms with Crippen LogP contribution < -0.4 is 4.80 Å². The van der Waals surface area contributed by atoms with Crippen molar-refractivity contribution in [3.05, 3.63) is 73.2 Å². The van der Waals surface area contributed by atoms with E-state index >= 15 is 0 Å². The predicted octanol–water partition coefficient (Wildman–Crippen LogP) is 4.98. The zero-order valence-corrected chi connectivity index (χ0v) is 16.5. The Bertz CT molecular complexity index is 953. The van der Waals surface area contributed by atoms with Crippen molar-refractivity contribution >= 4 is 28.6 Å². The molecule has 2 heterocycles. The van der Waals surface area contributed by atoms with Crippen molar-refractivity contribution in [2.45, 2.75) is 45.6 Å². The van der Waals surface area contributed by atoms with Gasteiger partial charge >= 0.3 is 0 Å². The van der Waals surface area contributed by atoms with Crippen molar-refractivity contribution in [3.8, 4) is 0 Å². The monoisotopic (exact) mass is 382 g/mol. The number of thiophene rings is 1. The Morgan fingerprint density at radius 3 is 2.81 bits per heavy atom. The molecule has 0 saturated carbocycles. The average molecular weight is 383 g/mol. The molecule has 0 radical (unpaired) electrons. The highest BCUT2D eigenvalue weighted by Gasteiger charge is 2.16. The number of rotatable bonds is 3. The number of aromatic nitrogens is 1. The number of benzene rings is 1. The van der Waals surface area contributed by atoms with Crippen LogP contribution in [0.4, 0.5) is 0 Å². The van der Waals surface area contributed by atoms with E-state index in [1.54, 1.807) is 11.3 Å². The Kier molecular flexibility index (Phi) is 5.18. The Hall–Kier alpha value is -1.98. The summed E-state index contributed by atoms with van der Waals surface area (Å²) in [7, 11) is 0. The van der Waals surface area contributed by atoms with Gasteiger partial charge in [-0.05, 0) is 49.8 Å². The molecule has 0 spiro atoms. The molecular weight excluding hydrogens is 360 g/mol. The van der Waals surface area contributed by atoms with Crippen molar-refractivity contribution < 1.29 is 4.79 Å². The van der Waals surface area contributed by atoms with Gasteiger partial charge in [-0.2, -0.15) is 4.99 Å². The van der Waals surface area contributed by atoms with Gasteiger partial charge in [0.2, 0.25) is 0 Å². The SMILES string of the molecule is Cc1ccc(Cn2ccsc2=NC(=O)c2cc3c(s2)CCCCC3)cc1. The second-order valence-electron chi connectivity index (χ2n) is 6.84. The fourth-order valence-corrected chi connectivity index (χ4v) is 5.18. The summed E-state index contributed by atoms with van der Waals surface area (Å²) in [5.74, 6) is -0.108. The number of nitrogens with zero attached hydrogens (tertiary/aromatic N) is 2. The van der Waals surface area contributed by atoms with Crippen molar-refractivity contribution in [1.82, 2.24) is 4.57 Å². The van der Waals surface area contributed by atoms with Crippen LogP contribution in [-0.4, -0.2) is 10.5 Å². The fourth-order valence-electron chi connectivity index (χ4n) is 3.31. The highest BCUT2D eigenvalue weighted by atomic mass is 32.1. The summed E-state index contributed by atoms with van der Waals surface area (Å²) in [4.78, 5) is 20.1. The van der Waals surface area contributed by atoms with Gasteiger partial charge in [-0.15, -0.1) is 22.7 Å². The van der Waals surface area contributed by atoms with E-state index in [-0.39, 0.29) is 5.91 Å². The minimum absolute atomic E-state index is 0.108. The van der Waals surface area contributed by atoms with Crippen LogP contribution in [-0.2, 0) is 19.4 Å². The number of amides is 1. The molecule has 26 heavy (non-hydrogen) atoms. The van der Waals surface area contributed by atoms with Gasteiger partial charge in [-0.1, -0.05) is 36.2 Å². The number of hydrogen-bond donors (Lipinski definition) is 0.